The molecule has 3 fully saturated rings. The maximum absolute atomic E-state index is 14.1. The molecular weight excluding hydrogens is 586 g/mol. The minimum atomic E-state index is -1.24. The molecule has 2 aliphatic carbocycles. The van der Waals surface area contributed by atoms with Crippen LogP contribution in [0.5, 0.6) is 0 Å². The molecule has 0 bridgehead atoms. The molecule has 1 aromatic rings. The van der Waals surface area contributed by atoms with Gasteiger partial charge in [0.05, 0.1) is 6.04 Å². The van der Waals surface area contributed by atoms with Crippen molar-refractivity contribution in [1.29, 1.82) is 0 Å². The Kier molecular flexibility index (Phi) is 13.2. The van der Waals surface area contributed by atoms with E-state index in [1.165, 1.54) is 4.90 Å². The molecule has 1 aliphatic heterocycles. The summed E-state index contributed by atoms with van der Waals surface area (Å²) in [6, 6.07) is 6.27. The number of carbonyl (C=O) groups excluding carboxylic acids is 6. The van der Waals surface area contributed by atoms with Crippen molar-refractivity contribution in [2.75, 3.05) is 13.6 Å². The number of nitrogens with zero attached hydrogens (tertiary/aromatic N) is 1. The van der Waals surface area contributed by atoms with E-state index in [9.17, 15) is 28.8 Å². The molecule has 1 heterocycles. The molecule has 0 unspecified atom stereocenters. The van der Waals surface area contributed by atoms with E-state index in [0.717, 1.165) is 63.4 Å². The Labute approximate surface area is 272 Å². The minimum Gasteiger partial charge on any atom is -0.356 e. The number of Topliss-reactive ketones (excluding diaryl/α,β-unsaturated/α-hetero) is 1. The Balaban J connectivity index is 1.48. The van der Waals surface area contributed by atoms with Gasteiger partial charge in [-0.1, -0.05) is 75.8 Å². The summed E-state index contributed by atoms with van der Waals surface area (Å²) >= 11 is 0. The molecule has 0 spiro atoms. The molecule has 4 atom stereocenters. The predicted molar refractivity (Wildman–Crippen MR) is 173 cm³/mol. The van der Waals surface area contributed by atoms with Crippen molar-refractivity contribution in [2.45, 2.75) is 115 Å². The largest absolute Gasteiger partial charge is 0.356 e. The fourth-order valence-electron chi connectivity index (χ4n) is 7.13. The maximum atomic E-state index is 14.1. The lowest BCUT2D eigenvalue weighted by molar-refractivity contribution is -0.145. The summed E-state index contributed by atoms with van der Waals surface area (Å²) < 4.78 is 0. The van der Waals surface area contributed by atoms with Crippen LogP contribution in [0.25, 0.3) is 0 Å². The second-order valence-electron chi connectivity index (χ2n) is 13.2. The standard InChI is InChI=1S/C35H51N5O6/c1-3-12-28(40(2)35(46)29(24-15-10-11-16-24)39-32(43)25-17-8-5-9-18-25)33(44)38-27(21-26-19-20-36-31(26)42)30(41)34(45)37-22-23-13-6-4-7-14-23/h4,6-7,13-14,24-29H,3,5,8-12,15-22H2,1-2H3,(H,36,42)(H,37,45)(H,38,44)(H,39,43)/t26-,27-,28-,29+/m0/s1. The van der Waals surface area contributed by atoms with Gasteiger partial charge in [-0.15, -0.1) is 0 Å². The highest BCUT2D eigenvalue weighted by Gasteiger charge is 2.40. The van der Waals surface area contributed by atoms with Crippen molar-refractivity contribution in [2.24, 2.45) is 17.8 Å². The maximum Gasteiger partial charge on any atom is 0.289 e. The van der Waals surface area contributed by atoms with Gasteiger partial charge in [0, 0.05) is 32.0 Å². The van der Waals surface area contributed by atoms with Crippen molar-refractivity contribution in [1.82, 2.24) is 26.2 Å². The smallest absolute Gasteiger partial charge is 0.289 e. The lowest BCUT2D eigenvalue weighted by Crippen LogP contribution is -2.59. The third kappa shape index (κ3) is 9.39. The molecule has 0 aromatic heterocycles. The number of hydrogen-bond acceptors (Lipinski definition) is 6. The van der Waals surface area contributed by atoms with Crippen LogP contribution in [0.3, 0.4) is 0 Å². The van der Waals surface area contributed by atoms with Gasteiger partial charge in [0.15, 0.2) is 0 Å². The Bertz CT molecular complexity index is 1230. The summed E-state index contributed by atoms with van der Waals surface area (Å²) in [5.41, 5.74) is 0.815. The molecule has 4 rings (SSSR count). The Morgan fingerprint density at radius 2 is 1.59 bits per heavy atom. The Morgan fingerprint density at radius 3 is 2.22 bits per heavy atom. The number of carbonyl (C=O) groups is 6. The van der Waals surface area contributed by atoms with Crippen LogP contribution in [-0.4, -0.2) is 71.9 Å². The first-order valence-corrected chi connectivity index (χ1v) is 17.2. The monoisotopic (exact) mass is 637 g/mol. The molecule has 1 aromatic carbocycles. The summed E-state index contributed by atoms with van der Waals surface area (Å²) in [5.74, 6) is -3.50. The number of likely N-dealkylation sites (N-methyl/N-ethyl adjacent to an activating group) is 1. The fraction of sp³-hybridized carbons (Fsp3) is 0.657. The second kappa shape index (κ2) is 17.2. The van der Waals surface area contributed by atoms with Gasteiger partial charge in [-0.25, -0.2) is 0 Å². The van der Waals surface area contributed by atoms with Gasteiger partial charge in [-0.2, -0.15) is 0 Å². The van der Waals surface area contributed by atoms with Crippen molar-refractivity contribution in [3.63, 3.8) is 0 Å². The Hall–Kier alpha value is -3.76. The molecule has 11 nitrogen and oxygen atoms in total. The molecule has 252 valence electrons. The lowest BCUT2D eigenvalue weighted by atomic mass is 9.87. The van der Waals surface area contributed by atoms with E-state index in [1.54, 1.807) is 7.05 Å². The van der Waals surface area contributed by atoms with Crippen LogP contribution >= 0.6 is 0 Å². The highest BCUT2D eigenvalue weighted by atomic mass is 16.2. The fourth-order valence-corrected chi connectivity index (χ4v) is 7.13. The molecule has 0 radical (unpaired) electrons. The van der Waals surface area contributed by atoms with Gasteiger partial charge in [0.2, 0.25) is 29.4 Å². The third-order valence-electron chi connectivity index (χ3n) is 9.93. The lowest BCUT2D eigenvalue weighted by Gasteiger charge is -2.34. The molecule has 2 saturated carbocycles. The number of amides is 5. The van der Waals surface area contributed by atoms with E-state index < -0.39 is 41.6 Å². The molecule has 1 saturated heterocycles. The normalized spacial score (nSPS) is 20.7. The predicted octanol–water partition coefficient (Wildman–Crippen LogP) is 2.77. The van der Waals surface area contributed by atoms with Crippen LogP contribution in [0.1, 0.15) is 96.0 Å². The van der Waals surface area contributed by atoms with Gasteiger partial charge >= 0.3 is 0 Å². The SMILES string of the molecule is CCC[C@@H](C(=O)N[C@@H](C[C@@H]1CCNC1=O)C(=O)C(=O)NCc1ccccc1)N(C)C(=O)[C@H](NC(=O)C1CCCCC1)C1CCCC1. The van der Waals surface area contributed by atoms with E-state index in [-0.39, 0.29) is 42.5 Å². The summed E-state index contributed by atoms with van der Waals surface area (Å²) in [6.07, 6.45) is 9.79. The van der Waals surface area contributed by atoms with Crippen LogP contribution in [0.2, 0.25) is 0 Å². The van der Waals surface area contributed by atoms with E-state index in [4.69, 9.17) is 0 Å². The van der Waals surface area contributed by atoms with E-state index >= 15 is 0 Å². The topological polar surface area (TPSA) is 154 Å². The zero-order valence-corrected chi connectivity index (χ0v) is 27.4. The molecule has 46 heavy (non-hydrogen) atoms. The van der Waals surface area contributed by atoms with Crippen molar-refractivity contribution in [3.05, 3.63) is 35.9 Å². The van der Waals surface area contributed by atoms with Crippen molar-refractivity contribution >= 4 is 35.3 Å². The van der Waals surface area contributed by atoms with Gasteiger partial charge < -0.3 is 26.2 Å². The Morgan fingerprint density at radius 1 is 0.913 bits per heavy atom. The highest BCUT2D eigenvalue weighted by molar-refractivity contribution is 6.38. The van der Waals surface area contributed by atoms with Crippen LogP contribution in [0, 0.1) is 17.8 Å². The molecule has 3 aliphatic rings. The summed E-state index contributed by atoms with van der Waals surface area (Å²) in [4.78, 5) is 81.5. The average Bonchev–Trinajstić information content (AvgIpc) is 3.76. The number of hydrogen-bond donors (Lipinski definition) is 4. The summed E-state index contributed by atoms with van der Waals surface area (Å²) in [6.45, 7) is 2.50. The zero-order chi connectivity index (χ0) is 33.1. The second-order valence-corrected chi connectivity index (χ2v) is 13.2. The van der Waals surface area contributed by atoms with E-state index in [2.05, 4.69) is 21.3 Å². The number of nitrogens with one attached hydrogen (secondary N) is 4. The third-order valence-corrected chi connectivity index (χ3v) is 9.93. The van der Waals surface area contributed by atoms with Crippen LogP contribution < -0.4 is 21.3 Å². The first kappa shape index (κ1) is 35.1. The molecule has 4 N–H and O–H groups in total. The minimum absolute atomic E-state index is 0.00339. The van der Waals surface area contributed by atoms with Crippen LogP contribution in [0.15, 0.2) is 30.3 Å². The summed E-state index contributed by atoms with van der Waals surface area (Å²) in [7, 11) is 1.57. The number of rotatable bonds is 15. The first-order chi connectivity index (χ1) is 22.2. The molecule has 5 amide bonds. The average molecular weight is 638 g/mol. The van der Waals surface area contributed by atoms with Gasteiger partial charge in [-0.3, -0.25) is 28.8 Å². The molecular formula is C35H51N5O6. The zero-order valence-electron chi connectivity index (χ0n) is 27.4. The van der Waals surface area contributed by atoms with Crippen LogP contribution in [-0.2, 0) is 35.3 Å². The number of ketones is 1. The van der Waals surface area contributed by atoms with Gasteiger partial charge in [0.25, 0.3) is 5.91 Å². The van der Waals surface area contributed by atoms with Crippen molar-refractivity contribution < 1.29 is 28.8 Å². The van der Waals surface area contributed by atoms with Crippen molar-refractivity contribution in [3.8, 4) is 0 Å². The van der Waals surface area contributed by atoms with Gasteiger partial charge in [0.1, 0.15) is 12.1 Å². The first-order valence-electron chi connectivity index (χ1n) is 17.2. The quantitative estimate of drug-likeness (QED) is 0.217. The van der Waals surface area contributed by atoms with E-state index in [1.807, 2.05) is 37.3 Å². The van der Waals surface area contributed by atoms with Crippen LogP contribution in [0.4, 0.5) is 0 Å². The van der Waals surface area contributed by atoms with Gasteiger partial charge in [-0.05, 0) is 56.4 Å². The highest BCUT2D eigenvalue weighted by Crippen LogP contribution is 2.30. The summed E-state index contributed by atoms with van der Waals surface area (Å²) in [5, 5.41) is 11.2. The van der Waals surface area contributed by atoms with E-state index in [0.29, 0.717) is 25.8 Å². The number of benzene rings is 1. The molecule has 11 heteroatoms.